The van der Waals surface area contributed by atoms with Gasteiger partial charge in [-0.25, -0.2) is 4.98 Å². The number of nitrogens with zero attached hydrogens (tertiary/aromatic N) is 1. The zero-order chi connectivity index (χ0) is 15.0. The van der Waals surface area contributed by atoms with Crippen molar-refractivity contribution in [1.29, 1.82) is 0 Å². The summed E-state index contributed by atoms with van der Waals surface area (Å²) in [4.78, 5) is 16.9. The van der Waals surface area contributed by atoms with Crippen LogP contribution < -0.4 is 11.1 Å². The third-order valence-electron chi connectivity index (χ3n) is 3.98. The Hall–Kier alpha value is -0.940. The molecule has 0 bridgehead atoms. The van der Waals surface area contributed by atoms with E-state index in [2.05, 4.69) is 38.0 Å². The quantitative estimate of drug-likeness (QED) is 0.879. The third-order valence-corrected chi connectivity index (χ3v) is 4.74. The lowest BCUT2D eigenvalue weighted by Crippen LogP contribution is -2.53. The number of nitrogens with two attached hydrogens (primary N) is 1. The molecule has 2 atom stereocenters. The summed E-state index contributed by atoms with van der Waals surface area (Å²) in [5.41, 5.74) is 6.57. The fourth-order valence-corrected chi connectivity index (χ4v) is 3.63. The van der Waals surface area contributed by atoms with Gasteiger partial charge in [-0.2, -0.15) is 0 Å². The van der Waals surface area contributed by atoms with Gasteiger partial charge in [-0.1, -0.05) is 40.5 Å². The van der Waals surface area contributed by atoms with Crippen LogP contribution >= 0.6 is 11.3 Å². The second-order valence-corrected chi connectivity index (χ2v) is 7.96. The lowest BCUT2D eigenvalue weighted by molar-refractivity contribution is -0.122. The zero-order valence-corrected chi connectivity index (χ0v) is 13.6. The van der Waals surface area contributed by atoms with Crippen molar-refractivity contribution < 1.29 is 4.79 Å². The van der Waals surface area contributed by atoms with Crippen LogP contribution in [0.1, 0.15) is 59.1 Å². The fraction of sp³-hybridized carbons (Fsp3) is 0.733. The smallest absolute Gasteiger partial charge is 0.246 e. The number of anilines is 1. The van der Waals surface area contributed by atoms with E-state index in [4.69, 9.17) is 5.73 Å². The molecule has 112 valence electrons. The largest absolute Gasteiger partial charge is 0.317 e. The molecule has 1 aromatic rings. The average molecular weight is 295 g/mol. The standard InChI is InChI=1S/C15H25N3OS/c1-10-6-5-7-15(16,8-10)12(19)18-13-17-11(9-20-13)14(2,3)4/h9-10H,5-8,16H2,1-4H3,(H,17,18,19). The third kappa shape index (κ3) is 3.38. The first-order valence-corrected chi connectivity index (χ1v) is 8.15. The van der Waals surface area contributed by atoms with Crippen LogP contribution in [0.4, 0.5) is 5.13 Å². The molecular formula is C15H25N3OS. The molecule has 3 N–H and O–H groups in total. The number of thiazole rings is 1. The minimum atomic E-state index is -0.731. The van der Waals surface area contributed by atoms with Crippen LogP contribution in [0.25, 0.3) is 0 Å². The summed E-state index contributed by atoms with van der Waals surface area (Å²) >= 11 is 1.47. The molecule has 1 heterocycles. The number of rotatable bonds is 2. The van der Waals surface area contributed by atoms with Crippen molar-refractivity contribution in [2.45, 2.75) is 64.3 Å². The monoisotopic (exact) mass is 295 g/mol. The van der Waals surface area contributed by atoms with Gasteiger partial charge in [0.25, 0.3) is 0 Å². The molecule has 0 radical (unpaired) electrons. The van der Waals surface area contributed by atoms with Gasteiger partial charge in [0.05, 0.1) is 11.2 Å². The molecule has 1 aliphatic carbocycles. The number of carbonyl (C=O) groups is 1. The lowest BCUT2D eigenvalue weighted by Gasteiger charge is -2.34. The molecule has 1 amide bonds. The van der Waals surface area contributed by atoms with Crippen molar-refractivity contribution in [3.05, 3.63) is 11.1 Å². The zero-order valence-electron chi connectivity index (χ0n) is 12.8. The Labute approximate surface area is 125 Å². The molecule has 0 aliphatic heterocycles. The first kappa shape index (κ1) is 15.4. The first-order valence-electron chi connectivity index (χ1n) is 7.27. The van der Waals surface area contributed by atoms with Gasteiger partial charge in [-0.3, -0.25) is 4.79 Å². The lowest BCUT2D eigenvalue weighted by atomic mass is 9.76. The van der Waals surface area contributed by atoms with Gasteiger partial charge in [0.2, 0.25) is 5.91 Å². The molecule has 1 aliphatic rings. The highest BCUT2D eigenvalue weighted by atomic mass is 32.1. The predicted octanol–water partition coefficient (Wildman–Crippen LogP) is 3.29. The van der Waals surface area contributed by atoms with Gasteiger partial charge < -0.3 is 11.1 Å². The summed E-state index contributed by atoms with van der Waals surface area (Å²) in [6, 6.07) is 0. The van der Waals surface area contributed by atoms with Crippen molar-refractivity contribution in [2.75, 3.05) is 5.32 Å². The number of amides is 1. The van der Waals surface area contributed by atoms with E-state index < -0.39 is 5.54 Å². The molecule has 2 rings (SSSR count). The summed E-state index contributed by atoms with van der Waals surface area (Å²) in [6.45, 7) is 8.50. The molecule has 1 aromatic heterocycles. The van der Waals surface area contributed by atoms with Crippen LogP contribution in [0.15, 0.2) is 5.38 Å². The average Bonchev–Trinajstić information content (AvgIpc) is 2.76. The summed E-state index contributed by atoms with van der Waals surface area (Å²) < 4.78 is 0. The van der Waals surface area contributed by atoms with E-state index in [0.29, 0.717) is 11.0 Å². The Morgan fingerprint density at radius 1 is 1.55 bits per heavy atom. The van der Waals surface area contributed by atoms with E-state index in [9.17, 15) is 4.79 Å². The van der Waals surface area contributed by atoms with E-state index >= 15 is 0 Å². The van der Waals surface area contributed by atoms with Crippen LogP contribution in [-0.4, -0.2) is 16.4 Å². The highest BCUT2D eigenvalue weighted by Gasteiger charge is 2.38. The summed E-state index contributed by atoms with van der Waals surface area (Å²) in [5, 5.41) is 5.57. The van der Waals surface area contributed by atoms with Crippen molar-refractivity contribution in [3.8, 4) is 0 Å². The van der Waals surface area contributed by atoms with Gasteiger partial charge >= 0.3 is 0 Å². The number of carbonyl (C=O) groups excluding carboxylic acids is 1. The Morgan fingerprint density at radius 3 is 2.80 bits per heavy atom. The molecule has 5 heteroatoms. The molecule has 1 saturated carbocycles. The second kappa shape index (κ2) is 5.45. The minimum absolute atomic E-state index is 0.000762. The highest BCUT2D eigenvalue weighted by Crippen LogP contribution is 2.32. The number of hydrogen-bond acceptors (Lipinski definition) is 4. The maximum Gasteiger partial charge on any atom is 0.246 e. The normalized spacial score (nSPS) is 27.4. The van der Waals surface area contributed by atoms with Crippen LogP contribution in [0.5, 0.6) is 0 Å². The highest BCUT2D eigenvalue weighted by molar-refractivity contribution is 7.14. The summed E-state index contributed by atoms with van der Waals surface area (Å²) in [5.74, 6) is 0.430. The van der Waals surface area contributed by atoms with Crippen molar-refractivity contribution >= 4 is 22.4 Å². The molecule has 20 heavy (non-hydrogen) atoms. The Morgan fingerprint density at radius 2 is 2.25 bits per heavy atom. The van der Waals surface area contributed by atoms with Gasteiger partial charge in [0, 0.05) is 10.8 Å². The van der Waals surface area contributed by atoms with Crippen LogP contribution in [0, 0.1) is 5.92 Å². The van der Waals surface area contributed by atoms with Crippen molar-refractivity contribution in [3.63, 3.8) is 0 Å². The van der Waals surface area contributed by atoms with Crippen molar-refractivity contribution in [2.24, 2.45) is 11.7 Å². The SMILES string of the molecule is CC1CCCC(N)(C(=O)Nc2nc(C(C)(C)C)cs2)C1. The van der Waals surface area contributed by atoms with E-state index in [-0.39, 0.29) is 11.3 Å². The van der Waals surface area contributed by atoms with E-state index in [0.717, 1.165) is 31.4 Å². The molecule has 0 spiro atoms. The summed E-state index contributed by atoms with van der Waals surface area (Å²) in [7, 11) is 0. The van der Waals surface area contributed by atoms with Crippen LogP contribution in [-0.2, 0) is 10.2 Å². The number of nitrogens with one attached hydrogen (secondary N) is 1. The number of aromatic nitrogens is 1. The minimum Gasteiger partial charge on any atom is -0.317 e. The topological polar surface area (TPSA) is 68.0 Å². The van der Waals surface area contributed by atoms with E-state index in [1.54, 1.807) is 0 Å². The molecule has 4 nitrogen and oxygen atoms in total. The fourth-order valence-electron chi connectivity index (χ4n) is 2.70. The van der Waals surface area contributed by atoms with E-state index in [1.165, 1.54) is 11.3 Å². The van der Waals surface area contributed by atoms with Gasteiger partial charge in [0.1, 0.15) is 0 Å². The summed E-state index contributed by atoms with van der Waals surface area (Å²) in [6.07, 6.45) is 3.71. The van der Waals surface area contributed by atoms with Crippen LogP contribution in [0.3, 0.4) is 0 Å². The maximum atomic E-state index is 12.4. The molecule has 0 saturated heterocycles. The molecule has 2 unspecified atom stereocenters. The second-order valence-electron chi connectivity index (χ2n) is 7.10. The Bertz CT molecular complexity index is 492. The molecular weight excluding hydrogens is 270 g/mol. The van der Waals surface area contributed by atoms with Gasteiger partial charge in [0.15, 0.2) is 5.13 Å². The predicted molar refractivity (Wildman–Crippen MR) is 84.0 cm³/mol. The Balaban J connectivity index is 2.06. The molecule has 0 aromatic carbocycles. The Kier molecular flexibility index (Phi) is 4.21. The van der Waals surface area contributed by atoms with Gasteiger partial charge in [-0.15, -0.1) is 11.3 Å². The van der Waals surface area contributed by atoms with E-state index in [1.807, 2.05) is 5.38 Å². The van der Waals surface area contributed by atoms with Crippen molar-refractivity contribution in [1.82, 2.24) is 4.98 Å². The number of hydrogen-bond donors (Lipinski definition) is 2. The maximum absolute atomic E-state index is 12.4. The first-order chi connectivity index (χ1) is 9.21. The van der Waals surface area contributed by atoms with Gasteiger partial charge in [-0.05, 0) is 18.8 Å². The molecule has 1 fully saturated rings. The van der Waals surface area contributed by atoms with Crippen LogP contribution in [0.2, 0.25) is 0 Å².